The number of ether oxygens (including phenoxy) is 1. The van der Waals surface area contributed by atoms with Crippen LogP contribution >= 0.6 is 22.7 Å². The molecule has 1 aromatic carbocycles. The number of rotatable bonds is 6. The zero-order valence-corrected chi connectivity index (χ0v) is 20.8. The number of hydrogen-bond donors (Lipinski definition) is 0. The molecular formula is C29H19N3O2S2. The van der Waals surface area contributed by atoms with E-state index in [2.05, 4.69) is 40.5 Å². The summed E-state index contributed by atoms with van der Waals surface area (Å²) < 4.78 is 5.21. The number of nitrogens with zero attached hydrogens (tertiary/aromatic N) is 3. The monoisotopic (exact) mass is 505 g/mol. The molecule has 0 radical (unpaired) electrons. The van der Waals surface area contributed by atoms with Crippen LogP contribution < -0.4 is 4.74 Å². The smallest absolute Gasteiger partial charge is 0.298 e. The first-order valence-electron chi connectivity index (χ1n) is 11.3. The quantitative estimate of drug-likeness (QED) is 0.217. The van der Waals surface area contributed by atoms with Gasteiger partial charge in [0.2, 0.25) is 0 Å². The predicted molar refractivity (Wildman–Crippen MR) is 146 cm³/mol. The molecule has 6 aromatic rings. The molecule has 5 nitrogen and oxygen atoms in total. The molecule has 0 bridgehead atoms. The van der Waals surface area contributed by atoms with E-state index in [4.69, 9.17) is 9.72 Å². The normalized spacial score (nSPS) is 11.0. The van der Waals surface area contributed by atoms with Gasteiger partial charge in [-0.1, -0.05) is 24.3 Å². The van der Waals surface area contributed by atoms with Crippen molar-refractivity contribution >= 4 is 39.9 Å². The Labute approximate surface area is 215 Å². The number of thiophene rings is 2. The zero-order valence-electron chi connectivity index (χ0n) is 19.2. The number of fused-ring (bicyclic) bond motifs is 1. The molecule has 0 unspecified atom stereocenters. The summed E-state index contributed by atoms with van der Waals surface area (Å²) in [5.74, 6) is 0.387. The van der Waals surface area contributed by atoms with E-state index < -0.39 is 0 Å². The number of pyridine rings is 3. The van der Waals surface area contributed by atoms with E-state index in [0.29, 0.717) is 35.0 Å². The molecular weight excluding hydrogens is 486 g/mol. The van der Waals surface area contributed by atoms with Crippen LogP contribution in [-0.4, -0.2) is 21.4 Å². The lowest BCUT2D eigenvalue weighted by atomic mass is 10.1. The lowest BCUT2D eigenvalue weighted by Crippen LogP contribution is -1.96. The highest BCUT2D eigenvalue weighted by Gasteiger charge is 2.13. The van der Waals surface area contributed by atoms with Crippen LogP contribution in [0.2, 0.25) is 0 Å². The standard InChI is InChI=1S/C29H19N3O2S2/c1-18-6-7-28(36-18)29-12-22(16-35-29)20-8-9-30-24(11-20)26-13-23(34-17-33)14-27(32-26)25-10-19-4-2-3-5-21(19)15-31-25/h2-17H,1H3. The van der Waals surface area contributed by atoms with E-state index in [1.807, 2.05) is 48.7 Å². The predicted octanol–water partition coefficient (Wildman–Crippen LogP) is 7.66. The Bertz CT molecular complexity index is 1720. The molecule has 5 aromatic heterocycles. The van der Waals surface area contributed by atoms with Crippen molar-refractivity contribution in [2.24, 2.45) is 0 Å². The molecule has 0 saturated heterocycles. The van der Waals surface area contributed by atoms with Gasteiger partial charge in [-0.2, -0.15) is 0 Å². The Morgan fingerprint density at radius 2 is 1.58 bits per heavy atom. The van der Waals surface area contributed by atoms with E-state index >= 15 is 0 Å². The fourth-order valence-electron chi connectivity index (χ4n) is 4.05. The Morgan fingerprint density at radius 3 is 2.36 bits per heavy atom. The minimum atomic E-state index is 0.387. The Balaban J connectivity index is 1.40. The second kappa shape index (κ2) is 9.45. The van der Waals surface area contributed by atoms with Crippen LogP contribution in [-0.2, 0) is 4.79 Å². The molecule has 0 N–H and O–H groups in total. The van der Waals surface area contributed by atoms with Crippen molar-refractivity contribution in [1.82, 2.24) is 15.0 Å². The number of hydrogen-bond acceptors (Lipinski definition) is 7. The van der Waals surface area contributed by atoms with Crippen LogP contribution in [0, 0.1) is 6.92 Å². The summed E-state index contributed by atoms with van der Waals surface area (Å²) in [7, 11) is 0. The Morgan fingerprint density at radius 1 is 0.778 bits per heavy atom. The lowest BCUT2D eigenvalue weighted by Gasteiger charge is -2.09. The Kier molecular flexibility index (Phi) is 5.85. The molecule has 0 aliphatic carbocycles. The van der Waals surface area contributed by atoms with Crippen LogP contribution in [0.1, 0.15) is 4.88 Å². The molecule has 0 saturated carbocycles. The van der Waals surface area contributed by atoms with E-state index in [9.17, 15) is 4.79 Å². The highest BCUT2D eigenvalue weighted by molar-refractivity contribution is 7.21. The topological polar surface area (TPSA) is 65.0 Å². The highest BCUT2D eigenvalue weighted by Crippen LogP contribution is 2.37. The third kappa shape index (κ3) is 4.42. The summed E-state index contributed by atoms with van der Waals surface area (Å²) in [6.07, 6.45) is 3.60. The maximum atomic E-state index is 11.1. The van der Waals surface area contributed by atoms with Gasteiger partial charge in [0.1, 0.15) is 5.75 Å². The zero-order chi connectivity index (χ0) is 24.5. The van der Waals surface area contributed by atoms with Crippen molar-refractivity contribution in [2.75, 3.05) is 0 Å². The van der Waals surface area contributed by atoms with Gasteiger partial charge in [-0.15, -0.1) is 22.7 Å². The minimum Gasteiger partial charge on any atom is -0.429 e. The average molecular weight is 506 g/mol. The molecule has 7 heteroatoms. The molecule has 0 aliphatic rings. The first kappa shape index (κ1) is 22.3. The number of aromatic nitrogens is 3. The van der Waals surface area contributed by atoms with Crippen molar-refractivity contribution in [2.45, 2.75) is 6.92 Å². The number of carbonyl (C=O) groups is 1. The van der Waals surface area contributed by atoms with E-state index in [1.54, 1.807) is 41.0 Å². The fraction of sp³-hybridized carbons (Fsp3) is 0.0345. The third-order valence-corrected chi connectivity index (χ3v) is 7.94. The SMILES string of the molecule is Cc1ccc(-c2cc(-c3ccnc(-c4cc(OC=O)cc(-c5cc6ccccc6cn5)n4)c3)cs2)s1. The van der Waals surface area contributed by atoms with Gasteiger partial charge < -0.3 is 4.74 Å². The molecule has 5 heterocycles. The van der Waals surface area contributed by atoms with Crippen LogP contribution in [0.15, 0.2) is 90.6 Å². The van der Waals surface area contributed by atoms with Crippen LogP contribution in [0.4, 0.5) is 0 Å². The summed E-state index contributed by atoms with van der Waals surface area (Å²) in [5.41, 5.74) is 4.76. The number of carbonyl (C=O) groups excluding carboxylic acids is 1. The van der Waals surface area contributed by atoms with E-state index in [0.717, 1.165) is 21.9 Å². The summed E-state index contributed by atoms with van der Waals surface area (Å²) in [4.78, 5) is 28.9. The van der Waals surface area contributed by atoms with Gasteiger partial charge in [0.25, 0.3) is 6.47 Å². The van der Waals surface area contributed by atoms with E-state index in [-0.39, 0.29) is 0 Å². The van der Waals surface area contributed by atoms with Crippen molar-refractivity contribution in [3.05, 3.63) is 95.4 Å². The molecule has 0 fully saturated rings. The average Bonchev–Trinajstić information content (AvgIpc) is 3.58. The maximum Gasteiger partial charge on any atom is 0.298 e. The molecule has 0 atom stereocenters. The van der Waals surface area contributed by atoms with Gasteiger partial charge in [0, 0.05) is 44.5 Å². The molecule has 36 heavy (non-hydrogen) atoms. The van der Waals surface area contributed by atoms with Gasteiger partial charge in [-0.05, 0) is 65.2 Å². The van der Waals surface area contributed by atoms with Crippen molar-refractivity contribution < 1.29 is 9.53 Å². The fourth-order valence-corrected chi connectivity index (χ4v) is 5.93. The van der Waals surface area contributed by atoms with Gasteiger partial charge in [-0.3, -0.25) is 14.8 Å². The van der Waals surface area contributed by atoms with E-state index in [1.165, 1.54) is 14.6 Å². The third-order valence-electron chi connectivity index (χ3n) is 5.81. The van der Waals surface area contributed by atoms with Crippen molar-refractivity contribution in [1.29, 1.82) is 0 Å². The lowest BCUT2D eigenvalue weighted by molar-refractivity contribution is -0.120. The van der Waals surface area contributed by atoms with Gasteiger partial charge >= 0.3 is 0 Å². The van der Waals surface area contributed by atoms with Crippen LogP contribution in [0.5, 0.6) is 5.75 Å². The minimum absolute atomic E-state index is 0.387. The molecule has 174 valence electrons. The number of benzene rings is 1. The van der Waals surface area contributed by atoms with Crippen molar-refractivity contribution in [3.63, 3.8) is 0 Å². The second-order valence-corrected chi connectivity index (χ2v) is 10.4. The first-order chi connectivity index (χ1) is 17.7. The Hall–Kier alpha value is -4.20. The maximum absolute atomic E-state index is 11.1. The van der Waals surface area contributed by atoms with Crippen LogP contribution in [0.3, 0.4) is 0 Å². The summed E-state index contributed by atoms with van der Waals surface area (Å²) >= 11 is 3.52. The summed E-state index contributed by atoms with van der Waals surface area (Å²) in [6.45, 7) is 2.54. The van der Waals surface area contributed by atoms with Gasteiger partial charge in [0.15, 0.2) is 0 Å². The summed E-state index contributed by atoms with van der Waals surface area (Å²) in [5, 5.41) is 4.26. The number of aryl methyl sites for hydroxylation is 1. The second-order valence-electron chi connectivity index (χ2n) is 8.24. The summed E-state index contributed by atoms with van der Waals surface area (Å²) in [6, 6.07) is 24.0. The first-order valence-corrected chi connectivity index (χ1v) is 13.0. The molecule has 6 rings (SSSR count). The molecule has 0 amide bonds. The van der Waals surface area contributed by atoms with Gasteiger partial charge in [0.05, 0.1) is 22.8 Å². The van der Waals surface area contributed by atoms with Crippen molar-refractivity contribution in [3.8, 4) is 49.4 Å². The largest absolute Gasteiger partial charge is 0.429 e. The molecule has 0 spiro atoms. The van der Waals surface area contributed by atoms with Gasteiger partial charge in [-0.25, -0.2) is 4.98 Å². The van der Waals surface area contributed by atoms with Crippen LogP contribution in [0.25, 0.3) is 54.4 Å². The highest BCUT2D eigenvalue weighted by atomic mass is 32.1. The molecule has 0 aliphatic heterocycles.